The molecule has 3 nitrogen and oxygen atoms in total. The second kappa shape index (κ2) is 5.57. The van der Waals surface area contributed by atoms with Crippen molar-refractivity contribution in [1.82, 2.24) is 0 Å². The topological polar surface area (TPSA) is 35.5 Å². The third kappa shape index (κ3) is 3.13. The summed E-state index contributed by atoms with van der Waals surface area (Å²) in [6.07, 6.45) is 0. The minimum atomic E-state index is -0.312. The Morgan fingerprint density at radius 3 is 2.16 bits per heavy atom. The minimum Gasteiger partial charge on any atom is -0.496 e. The molecule has 0 radical (unpaired) electrons. The van der Waals surface area contributed by atoms with E-state index in [-0.39, 0.29) is 5.97 Å². The van der Waals surface area contributed by atoms with E-state index in [0.717, 1.165) is 22.4 Å². The molecular formula is C16H16O3. The van der Waals surface area contributed by atoms with E-state index < -0.39 is 0 Å². The first kappa shape index (κ1) is 13.1. The van der Waals surface area contributed by atoms with Gasteiger partial charge in [-0.05, 0) is 47.9 Å². The van der Waals surface area contributed by atoms with E-state index >= 15 is 0 Å². The summed E-state index contributed by atoms with van der Waals surface area (Å²) in [4.78, 5) is 10.8. The maximum atomic E-state index is 10.8. The van der Waals surface area contributed by atoms with Gasteiger partial charge in [0.25, 0.3) is 0 Å². The number of aryl methyl sites for hydroxylation is 1. The Hall–Kier alpha value is -2.29. The Morgan fingerprint density at radius 2 is 1.63 bits per heavy atom. The molecule has 2 aromatic rings. The van der Waals surface area contributed by atoms with Gasteiger partial charge in [0.05, 0.1) is 7.11 Å². The van der Waals surface area contributed by atoms with Crippen LogP contribution in [0, 0.1) is 6.92 Å². The molecule has 0 fully saturated rings. The van der Waals surface area contributed by atoms with Crippen LogP contribution in [0.15, 0.2) is 42.5 Å². The minimum absolute atomic E-state index is 0.312. The summed E-state index contributed by atoms with van der Waals surface area (Å²) >= 11 is 0. The molecule has 3 heteroatoms. The summed E-state index contributed by atoms with van der Waals surface area (Å²) in [5, 5.41) is 0. The van der Waals surface area contributed by atoms with Gasteiger partial charge in [-0.1, -0.05) is 18.2 Å². The number of carbonyl (C=O) groups excluding carboxylic acids is 1. The first-order chi connectivity index (χ1) is 9.10. The van der Waals surface area contributed by atoms with Gasteiger partial charge in [-0.25, -0.2) is 0 Å². The summed E-state index contributed by atoms with van der Waals surface area (Å²) in [6, 6.07) is 13.5. The van der Waals surface area contributed by atoms with Gasteiger partial charge >= 0.3 is 5.97 Å². The molecule has 0 saturated heterocycles. The fourth-order valence-corrected chi connectivity index (χ4v) is 1.94. The maximum Gasteiger partial charge on any atom is 0.308 e. The van der Waals surface area contributed by atoms with Gasteiger partial charge in [0.1, 0.15) is 11.5 Å². The van der Waals surface area contributed by atoms with Crippen molar-refractivity contribution >= 4 is 5.97 Å². The lowest BCUT2D eigenvalue weighted by Crippen LogP contribution is -2.00. The number of esters is 1. The van der Waals surface area contributed by atoms with Crippen molar-refractivity contribution in [3.63, 3.8) is 0 Å². The highest BCUT2D eigenvalue weighted by atomic mass is 16.5. The molecule has 0 saturated carbocycles. The lowest BCUT2D eigenvalue weighted by Gasteiger charge is -2.08. The Balaban J connectivity index is 2.27. The average Bonchev–Trinajstić information content (AvgIpc) is 2.39. The summed E-state index contributed by atoms with van der Waals surface area (Å²) < 4.78 is 10.2. The number of methoxy groups -OCH3 is 1. The standard InChI is InChI=1S/C16H16O3/c1-11-10-14(6-9-16(11)18-3)13-4-7-15(8-5-13)19-12(2)17/h4-10H,1-3H3. The molecule has 0 aliphatic heterocycles. The molecule has 0 amide bonds. The van der Waals surface area contributed by atoms with Gasteiger partial charge in [-0.3, -0.25) is 4.79 Å². The zero-order valence-electron chi connectivity index (χ0n) is 11.3. The molecule has 2 rings (SSSR count). The highest BCUT2D eigenvalue weighted by Gasteiger charge is 2.03. The van der Waals surface area contributed by atoms with Crippen LogP contribution in [-0.4, -0.2) is 13.1 Å². The SMILES string of the molecule is COc1ccc(-c2ccc(OC(C)=O)cc2)cc1C. The molecule has 0 heterocycles. The second-order valence-corrected chi connectivity index (χ2v) is 4.30. The van der Waals surface area contributed by atoms with Gasteiger partial charge in [-0.15, -0.1) is 0 Å². The van der Waals surface area contributed by atoms with Crippen molar-refractivity contribution in [2.24, 2.45) is 0 Å². The first-order valence-electron chi connectivity index (χ1n) is 6.03. The molecule has 0 N–H and O–H groups in total. The molecule has 0 aliphatic rings. The van der Waals surface area contributed by atoms with Crippen LogP contribution in [0.4, 0.5) is 0 Å². The molecule has 2 aromatic carbocycles. The van der Waals surface area contributed by atoms with E-state index in [2.05, 4.69) is 6.07 Å². The average molecular weight is 256 g/mol. The highest BCUT2D eigenvalue weighted by Crippen LogP contribution is 2.27. The van der Waals surface area contributed by atoms with Crippen LogP contribution in [0.5, 0.6) is 11.5 Å². The number of carbonyl (C=O) groups is 1. The molecule has 0 unspecified atom stereocenters. The van der Waals surface area contributed by atoms with Gasteiger partial charge in [0, 0.05) is 6.92 Å². The van der Waals surface area contributed by atoms with Crippen molar-refractivity contribution < 1.29 is 14.3 Å². The maximum absolute atomic E-state index is 10.8. The molecule has 0 aromatic heterocycles. The Bertz CT molecular complexity index is 585. The van der Waals surface area contributed by atoms with Gasteiger partial charge in [0.2, 0.25) is 0 Å². The number of ether oxygens (including phenoxy) is 2. The molecule has 0 spiro atoms. The number of rotatable bonds is 3. The van der Waals surface area contributed by atoms with Gasteiger partial charge in [0.15, 0.2) is 0 Å². The molecular weight excluding hydrogens is 240 g/mol. The lowest BCUT2D eigenvalue weighted by molar-refractivity contribution is -0.131. The van der Waals surface area contributed by atoms with Crippen molar-refractivity contribution in [3.05, 3.63) is 48.0 Å². The number of hydrogen-bond donors (Lipinski definition) is 0. The Morgan fingerprint density at radius 1 is 1.00 bits per heavy atom. The predicted molar refractivity (Wildman–Crippen MR) is 74.5 cm³/mol. The summed E-state index contributed by atoms with van der Waals surface area (Å²) in [6.45, 7) is 3.40. The van der Waals surface area contributed by atoms with Crippen LogP contribution < -0.4 is 9.47 Å². The zero-order valence-corrected chi connectivity index (χ0v) is 11.3. The smallest absolute Gasteiger partial charge is 0.308 e. The predicted octanol–water partition coefficient (Wildman–Crippen LogP) is 3.60. The zero-order chi connectivity index (χ0) is 13.8. The summed E-state index contributed by atoms with van der Waals surface area (Å²) in [5.74, 6) is 1.12. The number of benzene rings is 2. The summed E-state index contributed by atoms with van der Waals surface area (Å²) in [7, 11) is 1.66. The van der Waals surface area contributed by atoms with Crippen molar-refractivity contribution in [3.8, 4) is 22.6 Å². The van der Waals surface area contributed by atoms with E-state index in [1.807, 2.05) is 31.2 Å². The third-order valence-corrected chi connectivity index (χ3v) is 2.84. The Labute approximate surface area is 112 Å². The molecule has 0 aliphatic carbocycles. The number of hydrogen-bond acceptors (Lipinski definition) is 3. The van der Waals surface area contributed by atoms with E-state index in [4.69, 9.17) is 9.47 Å². The monoisotopic (exact) mass is 256 g/mol. The van der Waals surface area contributed by atoms with Gasteiger partial charge < -0.3 is 9.47 Å². The molecule has 0 atom stereocenters. The summed E-state index contributed by atoms with van der Waals surface area (Å²) in [5.41, 5.74) is 3.26. The van der Waals surface area contributed by atoms with Crippen LogP contribution in [0.2, 0.25) is 0 Å². The van der Waals surface area contributed by atoms with Crippen molar-refractivity contribution in [2.75, 3.05) is 7.11 Å². The van der Waals surface area contributed by atoms with E-state index in [9.17, 15) is 4.79 Å². The van der Waals surface area contributed by atoms with Crippen LogP contribution in [-0.2, 0) is 4.79 Å². The second-order valence-electron chi connectivity index (χ2n) is 4.30. The Kier molecular flexibility index (Phi) is 3.85. The van der Waals surface area contributed by atoms with Gasteiger partial charge in [-0.2, -0.15) is 0 Å². The largest absolute Gasteiger partial charge is 0.496 e. The fraction of sp³-hybridized carbons (Fsp3) is 0.188. The fourth-order valence-electron chi connectivity index (χ4n) is 1.94. The molecule has 0 bridgehead atoms. The quantitative estimate of drug-likeness (QED) is 0.621. The third-order valence-electron chi connectivity index (χ3n) is 2.84. The first-order valence-corrected chi connectivity index (χ1v) is 6.03. The lowest BCUT2D eigenvalue weighted by atomic mass is 10.0. The van der Waals surface area contributed by atoms with Crippen LogP contribution in [0.1, 0.15) is 12.5 Å². The van der Waals surface area contributed by atoms with Crippen LogP contribution >= 0.6 is 0 Å². The van der Waals surface area contributed by atoms with Crippen molar-refractivity contribution in [2.45, 2.75) is 13.8 Å². The van der Waals surface area contributed by atoms with E-state index in [0.29, 0.717) is 5.75 Å². The van der Waals surface area contributed by atoms with E-state index in [1.165, 1.54) is 6.92 Å². The highest BCUT2D eigenvalue weighted by molar-refractivity contribution is 5.70. The normalized spacial score (nSPS) is 10.1. The van der Waals surface area contributed by atoms with E-state index in [1.54, 1.807) is 19.2 Å². The van der Waals surface area contributed by atoms with Crippen LogP contribution in [0.3, 0.4) is 0 Å². The molecule has 98 valence electrons. The van der Waals surface area contributed by atoms with Crippen molar-refractivity contribution in [1.29, 1.82) is 0 Å². The molecule has 19 heavy (non-hydrogen) atoms. The van der Waals surface area contributed by atoms with Crippen LogP contribution in [0.25, 0.3) is 11.1 Å².